The van der Waals surface area contributed by atoms with Crippen LogP contribution in [0.2, 0.25) is 0 Å². The molecule has 1 amide bonds. The van der Waals surface area contributed by atoms with Crippen LogP contribution in [0.15, 0.2) is 36.7 Å². The van der Waals surface area contributed by atoms with Crippen LogP contribution >= 0.6 is 0 Å². The summed E-state index contributed by atoms with van der Waals surface area (Å²) < 4.78 is 2.04. The normalized spacial score (nSPS) is 25.6. The first-order valence-corrected chi connectivity index (χ1v) is 8.48. The molecule has 0 spiro atoms. The average Bonchev–Trinajstić information content (AvgIpc) is 3.28. The summed E-state index contributed by atoms with van der Waals surface area (Å²) in [5, 5.41) is 9.86. The summed E-state index contributed by atoms with van der Waals surface area (Å²) in [5.41, 5.74) is 1.92. The second-order valence-electron chi connectivity index (χ2n) is 6.81. The minimum Gasteiger partial charge on any atom is -0.351 e. The Bertz CT molecular complexity index is 726. The van der Waals surface area contributed by atoms with Crippen molar-refractivity contribution in [2.24, 2.45) is 11.3 Å². The minimum atomic E-state index is -0.270. The van der Waals surface area contributed by atoms with Crippen LogP contribution in [-0.4, -0.2) is 41.6 Å². The maximum absolute atomic E-state index is 12.7. The maximum atomic E-state index is 12.7. The van der Waals surface area contributed by atoms with Crippen LogP contribution in [0, 0.1) is 18.3 Å². The highest BCUT2D eigenvalue weighted by Gasteiger charge is 2.51. The molecule has 1 aromatic carbocycles. The largest absolute Gasteiger partial charge is 0.351 e. The van der Waals surface area contributed by atoms with Crippen LogP contribution < -0.4 is 16.0 Å². The van der Waals surface area contributed by atoms with E-state index in [1.165, 1.54) is 0 Å². The molecule has 0 bridgehead atoms. The number of hydrogen-bond acceptors (Lipinski definition) is 4. The van der Waals surface area contributed by atoms with Crippen LogP contribution in [0.5, 0.6) is 0 Å². The molecule has 6 heteroatoms. The molecule has 2 aliphatic heterocycles. The van der Waals surface area contributed by atoms with E-state index in [-0.39, 0.29) is 11.3 Å². The topological polar surface area (TPSA) is 71.0 Å². The van der Waals surface area contributed by atoms with Gasteiger partial charge in [0.25, 0.3) is 0 Å². The van der Waals surface area contributed by atoms with Gasteiger partial charge in [0.2, 0.25) is 5.91 Å². The molecule has 3 N–H and O–H groups in total. The van der Waals surface area contributed by atoms with Gasteiger partial charge in [0.05, 0.1) is 5.41 Å². The summed E-state index contributed by atoms with van der Waals surface area (Å²) in [4.78, 5) is 17.0. The third kappa shape index (κ3) is 2.52. The summed E-state index contributed by atoms with van der Waals surface area (Å²) >= 11 is 0. The Morgan fingerprint density at radius 3 is 2.62 bits per heavy atom. The van der Waals surface area contributed by atoms with Gasteiger partial charge in [0, 0.05) is 56.7 Å². The van der Waals surface area contributed by atoms with Gasteiger partial charge in [-0.15, -0.1) is 0 Å². The molecule has 2 saturated heterocycles. The minimum absolute atomic E-state index is 0.164. The fourth-order valence-corrected chi connectivity index (χ4v) is 3.88. The van der Waals surface area contributed by atoms with Gasteiger partial charge in [0.1, 0.15) is 5.82 Å². The average molecular weight is 325 g/mol. The fourth-order valence-electron chi connectivity index (χ4n) is 3.88. The molecule has 0 unspecified atom stereocenters. The highest BCUT2D eigenvalue weighted by Crippen LogP contribution is 2.34. The van der Waals surface area contributed by atoms with Crippen molar-refractivity contribution in [3.63, 3.8) is 0 Å². The van der Waals surface area contributed by atoms with Crippen molar-refractivity contribution in [2.45, 2.75) is 13.5 Å². The Morgan fingerprint density at radius 1 is 1.29 bits per heavy atom. The Kier molecular flexibility index (Phi) is 3.86. The van der Waals surface area contributed by atoms with Gasteiger partial charge in [0.15, 0.2) is 0 Å². The summed E-state index contributed by atoms with van der Waals surface area (Å²) in [7, 11) is 0. The molecule has 0 radical (unpaired) electrons. The number of amides is 1. The van der Waals surface area contributed by atoms with E-state index in [1.54, 1.807) is 6.20 Å². The van der Waals surface area contributed by atoms with E-state index in [0.717, 1.165) is 43.3 Å². The summed E-state index contributed by atoms with van der Waals surface area (Å²) in [6.07, 6.45) is 3.75. The standard InChI is InChI=1S/C18H23N5O/c1-13-21-6-7-23(13)16-4-2-14(3-5-16)8-22-17(24)18-11-19-9-15(18)10-20-12-18/h2-7,15,19-20H,8-12H2,1H3,(H,22,24). The first kappa shape index (κ1) is 15.4. The number of aryl methyl sites for hydroxylation is 1. The van der Waals surface area contributed by atoms with E-state index in [4.69, 9.17) is 0 Å². The van der Waals surface area contributed by atoms with Crippen molar-refractivity contribution in [1.29, 1.82) is 0 Å². The molecule has 4 rings (SSSR count). The quantitative estimate of drug-likeness (QED) is 0.770. The van der Waals surface area contributed by atoms with E-state index in [2.05, 4.69) is 45.2 Å². The van der Waals surface area contributed by atoms with Gasteiger partial charge in [-0.1, -0.05) is 12.1 Å². The monoisotopic (exact) mass is 325 g/mol. The molecule has 6 nitrogen and oxygen atoms in total. The third-order valence-electron chi connectivity index (χ3n) is 5.39. The molecule has 0 saturated carbocycles. The van der Waals surface area contributed by atoms with Crippen LogP contribution in [-0.2, 0) is 11.3 Å². The van der Waals surface area contributed by atoms with Crippen molar-refractivity contribution < 1.29 is 4.79 Å². The molecule has 24 heavy (non-hydrogen) atoms. The Hall–Kier alpha value is -2.18. The van der Waals surface area contributed by atoms with Gasteiger partial charge in [-0.3, -0.25) is 4.79 Å². The predicted octanol–water partition coefficient (Wildman–Crippen LogP) is 0.606. The zero-order valence-electron chi connectivity index (χ0n) is 13.9. The first-order valence-electron chi connectivity index (χ1n) is 8.48. The highest BCUT2D eigenvalue weighted by molar-refractivity contribution is 5.84. The molecule has 0 aliphatic carbocycles. The maximum Gasteiger partial charge on any atom is 0.229 e. The van der Waals surface area contributed by atoms with Crippen LogP contribution in [0.3, 0.4) is 0 Å². The molecule has 126 valence electrons. The van der Waals surface area contributed by atoms with Crippen LogP contribution in [0.1, 0.15) is 11.4 Å². The second kappa shape index (κ2) is 6.03. The number of imidazole rings is 1. The van der Waals surface area contributed by atoms with Crippen molar-refractivity contribution in [2.75, 3.05) is 26.2 Å². The molecule has 3 heterocycles. The number of carbonyl (C=O) groups is 1. The molecule has 1 aromatic heterocycles. The summed E-state index contributed by atoms with van der Waals surface area (Å²) in [5.74, 6) is 1.53. The molecule has 2 aromatic rings. The lowest BCUT2D eigenvalue weighted by molar-refractivity contribution is -0.130. The Morgan fingerprint density at radius 2 is 2.00 bits per heavy atom. The van der Waals surface area contributed by atoms with Crippen molar-refractivity contribution in [3.05, 3.63) is 48.0 Å². The van der Waals surface area contributed by atoms with Crippen molar-refractivity contribution in [1.82, 2.24) is 25.5 Å². The van der Waals surface area contributed by atoms with Gasteiger partial charge >= 0.3 is 0 Å². The van der Waals surface area contributed by atoms with E-state index in [9.17, 15) is 4.79 Å². The first-order chi connectivity index (χ1) is 11.7. The van der Waals surface area contributed by atoms with Gasteiger partial charge < -0.3 is 20.5 Å². The number of fused-ring (bicyclic) bond motifs is 1. The SMILES string of the molecule is Cc1nccn1-c1ccc(CNC(=O)C23CNCC2CNC3)cc1. The molecular formula is C18H23N5O. The lowest BCUT2D eigenvalue weighted by Gasteiger charge is -2.26. The number of hydrogen-bond donors (Lipinski definition) is 3. The van der Waals surface area contributed by atoms with E-state index in [1.807, 2.05) is 17.7 Å². The number of rotatable bonds is 4. The van der Waals surface area contributed by atoms with Crippen LogP contribution in [0.25, 0.3) is 5.69 Å². The zero-order chi connectivity index (χ0) is 16.6. The van der Waals surface area contributed by atoms with Crippen LogP contribution in [0.4, 0.5) is 0 Å². The Balaban J connectivity index is 1.41. The smallest absolute Gasteiger partial charge is 0.229 e. The molecule has 2 fully saturated rings. The lowest BCUT2D eigenvalue weighted by atomic mass is 9.80. The van der Waals surface area contributed by atoms with Crippen molar-refractivity contribution >= 4 is 5.91 Å². The van der Waals surface area contributed by atoms with Gasteiger partial charge in [-0.2, -0.15) is 0 Å². The number of nitrogens with one attached hydrogen (secondary N) is 3. The molecule has 2 aliphatic rings. The fraction of sp³-hybridized carbons (Fsp3) is 0.444. The zero-order valence-corrected chi connectivity index (χ0v) is 13.9. The second-order valence-corrected chi connectivity index (χ2v) is 6.81. The van der Waals surface area contributed by atoms with E-state index in [0.29, 0.717) is 12.5 Å². The Labute approximate surface area is 141 Å². The summed E-state index contributed by atoms with van der Waals surface area (Å²) in [6.45, 7) is 5.95. The summed E-state index contributed by atoms with van der Waals surface area (Å²) in [6, 6.07) is 8.24. The van der Waals surface area contributed by atoms with Gasteiger partial charge in [-0.25, -0.2) is 4.98 Å². The molecule has 0 atom stereocenters. The van der Waals surface area contributed by atoms with E-state index >= 15 is 0 Å². The molecular weight excluding hydrogens is 302 g/mol. The lowest BCUT2D eigenvalue weighted by Crippen LogP contribution is -2.46. The van der Waals surface area contributed by atoms with E-state index < -0.39 is 0 Å². The highest BCUT2D eigenvalue weighted by atomic mass is 16.2. The number of carbonyl (C=O) groups excluding carboxylic acids is 1. The van der Waals surface area contributed by atoms with Crippen molar-refractivity contribution in [3.8, 4) is 5.69 Å². The third-order valence-corrected chi connectivity index (χ3v) is 5.39. The number of aromatic nitrogens is 2. The predicted molar refractivity (Wildman–Crippen MR) is 91.8 cm³/mol. The van der Waals surface area contributed by atoms with Gasteiger partial charge in [-0.05, 0) is 24.6 Å². The number of benzene rings is 1. The number of nitrogens with zero attached hydrogens (tertiary/aromatic N) is 2.